The quantitative estimate of drug-likeness (QED) is 0.230. The number of aromatic nitrogens is 1. The average Bonchev–Trinajstić information content (AvgIpc) is 3.36. The topological polar surface area (TPSA) is 94.9 Å². The lowest BCUT2D eigenvalue weighted by Crippen LogP contribution is -2.34. The second kappa shape index (κ2) is 11.7. The Hall–Kier alpha value is -3.82. The lowest BCUT2D eigenvalue weighted by atomic mass is 9.98. The molecule has 4 aromatic rings. The number of nitrogens with zero attached hydrogens (tertiary/aromatic N) is 1. The maximum atomic E-state index is 12.9. The van der Waals surface area contributed by atoms with Crippen molar-refractivity contribution in [1.29, 1.82) is 0 Å². The minimum Gasteiger partial charge on any atom is -0.493 e. The Balaban J connectivity index is 1.53. The van der Waals surface area contributed by atoms with Crippen molar-refractivity contribution in [3.63, 3.8) is 0 Å². The van der Waals surface area contributed by atoms with Gasteiger partial charge in [-0.05, 0) is 72.6 Å². The van der Waals surface area contributed by atoms with Crippen LogP contribution in [0.2, 0.25) is 5.02 Å². The van der Waals surface area contributed by atoms with Crippen molar-refractivity contribution in [3.05, 3.63) is 64.7 Å². The van der Waals surface area contributed by atoms with E-state index >= 15 is 0 Å². The van der Waals surface area contributed by atoms with E-state index in [2.05, 4.69) is 41.6 Å². The molecule has 0 aliphatic carbocycles. The maximum absolute atomic E-state index is 12.9. The van der Waals surface area contributed by atoms with Crippen LogP contribution in [0.15, 0.2) is 52.9 Å². The van der Waals surface area contributed by atoms with E-state index in [1.165, 1.54) is 39.0 Å². The van der Waals surface area contributed by atoms with E-state index in [9.17, 15) is 4.79 Å². The van der Waals surface area contributed by atoms with Gasteiger partial charge in [0.1, 0.15) is 5.52 Å². The molecule has 2 N–H and O–H groups in total. The lowest BCUT2D eigenvalue weighted by molar-refractivity contribution is 0.0977. The van der Waals surface area contributed by atoms with Crippen LogP contribution in [0.3, 0.4) is 0 Å². The van der Waals surface area contributed by atoms with Gasteiger partial charge in [0.2, 0.25) is 11.6 Å². The molecule has 198 valence electrons. The summed E-state index contributed by atoms with van der Waals surface area (Å²) in [4.78, 5) is 17.6. The Morgan fingerprint density at radius 1 is 1.05 bits per heavy atom. The van der Waals surface area contributed by atoms with E-state index < -0.39 is 5.91 Å². The maximum Gasteiger partial charge on any atom is 0.257 e. The number of hydrogen-bond acceptors (Lipinski definition) is 7. The number of fused-ring (bicyclic) bond motifs is 1. The number of methoxy groups -OCH3 is 3. The molecule has 0 unspecified atom stereocenters. The number of hydrogen-bond donors (Lipinski definition) is 2. The number of carbonyl (C=O) groups is 1. The Labute approximate surface area is 231 Å². The van der Waals surface area contributed by atoms with E-state index in [0.29, 0.717) is 50.9 Å². The summed E-state index contributed by atoms with van der Waals surface area (Å²) in [6.07, 6.45) is 1.04. The Bertz CT molecular complexity index is 1480. The number of ether oxygens (including phenoxy) is 3. The molecule has 8 nitrogen and oxygen atoms in total. The lowest BCUT2D eigenvalue weighted by Gasteiger charge is -2.15. The molecule has 0 bridgehead atoms. The molecule has 1 heterocycles. The van der Waals surface area contributed by atoms with E-state index in [-0.39, 0.29) is 10.7 Å². The van der Waals surface area contributed by atoms with Crippen LogP contribution in [0, 0.1) is 0 Å². The van der Waals surface area contributed by atoms with Crippen molar-refractivity contribution in [1.82, 2.24) is 10.3 Å². The van der Waals surface area contributed by atoms with Crippen LogP contribution in [-0.2, 0) is 0 Å². The van der Waals surface area contributed by atoms with Crippen molar-refractivity contribution in [2.75, 3.05) is 26.6 Å². The summed E-state index contributed by atoms with van der Waals surface area (Å²) in [5.41, 5.74) is 4.16. The molecule has 1 atom stereocenters. The number of carbonyl (C=O) groups excluding carboxylic acids is 1. The van der Waals surface area contributed by atoms with Crippen LogP contribution < -0.4 is 24.8 Å². The number of amides is 1. The number of nitrogens with one attached hydrogen (secondary N) is 2. The zero-order valence-corrected chi connectivity index (χ0v) is 23.3. The molecule has 0 aliphatic rings. The van der Waals surface area contributed by atoms with E-state index in [0.717, 1.165) is 11.9 Å². The summed E-state index contributed by atoms with van der Waals surface area (Å²) >= 11 is 11.8. The van der Waals surface area contributed by atoms with Gasteiger partial charge in [-0.1, -0.05) is 31.5 Å². The van der Waals surface area contributed by atoms with Gasteiger partial charge in [0, 0.05) is 11.1 Å². The van der Waals surface area contributed by atoms with Crippen LogP contribution in [0.4, 0.5) is 5.69 Å². The standard InChI is InChI=1S/C28H28ClN3O5S/c1-6-15(2)16-8-10-22-21(11-16)30-27(37-22)17-7-9-19(29)20(12-17)31-28(38)32-26(33)18-13-23(34-3)25(36-5)24(14-18)35-4/h7-15H,6H2,1-5H3,(H2,31,32,33,38)/t15-/m0/s1. The molecule has 10 heteroatoms. The molecule has 0 saturated carbocycles. The summed E-state index contributed by atoms with van der Waals surface area (Å²) in [5, 5.41) is 6.09. The largest absolute Gasteiger partial charge is 0.493 e. The van der Waals surface area contributed by atoms with Crippen LogP contribution in [-0.4, -0.2) is 37.3 Å². The predicted molar refractivity (Wildman–Crippen MR) is 153 cm³/mol. The number of oxazole rings is 1. The first-order valence-electron chi connectivity index (χ1n) is 11.9. The van der Waals surface area contributed by atoms with Gasteiger partial charge in [-0.15, -0.1) is 0 Å². The fraction of sp³-hybridized carbons (Fsp3) is 0.250. The highest BCUT2D eigenvalue weighted by Gasteiger charge is 2.18. The first-order valence-corrected chi connectivity index (χ1v) is 12.7. The average molecular weight is 554 g/mol. The molecule has 0 aliphatic heterocycles. The fourth-order valence-electron chi connectivity index (χ4n) is 3.91. The van der Waals surface area contributed by atoms with Crippen LogP contribution >= 0.6 is 23.8 Å². The van der Waals surface area contributed by atoms with Crippen molar-refractivity contribution < 1.29 is 23.4 Å². The SMILES string of the molecule is CC[C@H](C)c1ccc2oc(-c3ccc(Cl)c(NC(=S)NC(=O)c4cc(OC)c(OC)c(OC)c4)c3)nc2c1. The first kappa shape index (κ1) is 27.2. The predicted octanol–water partition coefficient (Wildman–Crippen LogP) is 6.81. The number of rotatable bonds is 8. The molecular formula is C28H28ClN3O5S. The number of benzene rings is 3. The Kier molecular flexibility index (Phi) is 8.38. The number of anilines is 1. The summed E-state index contributed by atoms with van der Waals surface area (Å²) in [5.74, 6) is 1.49. The van der Waals surface area contributed by atoms with Crippen LogP contribution in [0.5, 0.6) is 17.2 Å². The molecule has 0 radical (unpaired) electrons. The molecular weight excluding hydrogens is 526 g/mol. The van der Waals surface area contributed by atoms with Crippen molar-refractivity contribution in [2.45, 2.75) is 26.2 Å². The van der Waals surface area contributed by atoms with Crippen molar-refractivity contribution >= 4 is 51.6 Å². The minimum absolute atomic E-state index is 0.0542. The molecule has 38 heavy (non-hydrogen) atoms. The summed E-state index contributed by atoms with van der Waals surface area (Å²) in [6.45, 7) is 4.34. The van der Waals surface area contributed by atoms with Gasteiger partial charge in [0.15, 0.2) is 22.2 Å². The highest BCUT2D eigenvalue weighted by Crippen LogP contribution is 2.38. The third kappa shape index (κ3) is 5.69. The molecule has 0 saturated heterocycles. The molecule has 1 aromatic heterocycles. The highest BCUT2D eigenvalue weighted by molar-refractivity contribution is 7.80. The number of thiocarbonyl (C=S) groups is 1. The fourth-order valence-corrected chi connectivity index (χ4v) is 4.27. The second-order valence-corrected chi connectivity index (χ2v) is 9.39. The normalized spacial score (nSPS) is 11.6. The van der Waals surface area contributed by atoms with Gasteiger partial charge >= 0.3 is 0 Å². The monoisotopic (exact) mass is 553 g/mol. The van der Waals surface area contributed by atoms with Gasteiger partial charge < -0.3 is 23.9 Å². The molecule has 3 aromatic carbocycles. The van der Waals surface area contributed by atoms with E-state index in [4.69, 9.17) is 42.4 Å². The Morgan fingerprint density at radius 3 is 2.39 bits per heavy atom. The number of halogens is 1. The smallest absolute Gasteiger partial charge is 0.257 e. The highest BCUT2D eigenvalue weighted by atomic mass is 35.5. The van der Waals surface area contributed by atoms with Crippen molar-refractivity contribution in [2.24, 2.45) is 0 Å². The van der Waals surface area contributed by atoms with Gasteiger partial charge in [0.25, 0.3) is 5.91 Å². The van der Waals surface area contributed by atoms with Gasteiger partial charge in [-0.2, -0.15) is 0 Å². The van der Waals surface area contributed by atoms with E-state index in [1.54, 1.807) is 12.1 Å². The molecule has 4 rings (SSSR count). The summed E-state index contributed by atoms with van der Waals surface area (Å²) in [6, 6.07) is 14.4. The molecule has 0 spiro atoms. The minimum atomic E-state index is -0.468. The Morgan fingerprint density at radius 2 is 1.76 bits per heavy atom. The zero-order valence-electron chi connectivity index (χ0n) is 21.7. The summed E-state index contributed by atoms with van der Waals surface area (Å²) in [7, 11) is 4.44. The van der Waals surface area contributed by atoms with Crippen LogP contribution in [0.25, 0.3) is 22.6 Å². The molecule has 1 amide bonds. The third-order valence-corrected chi connectivity index (χ3v) is 6.74. The zero-order chi connectivity index (χ0) is 27.4. The van der Waals surface area contributed by atoms with Gasteiger partial charge in [-0.3, -0.25) is 10.1 Å². The van der Waals surface area contributed by atoms with Gasteiger partial charge in [0.05, 0.1) is 32.0 Å². The van der Waals surface area contributed by atoms with Crippen LogP contribution in [0.1, 0.15) is 42.1 Å². The third-order valence-electron chi connectivity index (χ3n) is 6.21. The second-order valence-electron chi connectivity index (χ2n) is 8.57. The molecule has 0 fully saturated rings. The summed E-state index contributed by atoms with van der Waals surface area (Å²) < 4.78 is 21.9. The van der Waals surface area contributed by atoms with E-state index in [1.807, 2.05) is 12.1 Å². The van der Waals surface area contributed by atoms with Gasteiger partial charge in [-0.25, -0.2) is 4.98 Å². The first-order chi connectivity index (χ1) is 18.3. The van der Waals surface area contributed by atoms with Crippen molar-refractivity contribution in [3.8, 4) is 28.7 Å².